The van der Waals surface area contributed by atoms with E-state index in [1.54, 1.807) is 0 Å². The molecule has 0 radical (unpaired) electrons. The number of fused-ring (bicyclic) bond motifs is 8. The van der Waals surface area contributed by atoms with Crippen LogP contribution >= 0.6 is 11.3 Å². The van der Waals surface area contributed by atoms with Crippen LogP contribution < -0.4 is 0 Å². The minimum Gasteiger partial charge on any atom is -0.247 e. The number of rotatable bonds is 5. The van der Waals surface area contributed by atoms with Crippen molar-refractivity contribution in [3.8, 4) is 56.5 Å². The summed E-state index contributed by atoms with van der Waals surface area (Å²) in [7, 11) is 0. The van der Waals surface area contributed by atoms with Crippen molar-refractivity contribution < 1.29 is 0 Å². The molecule has 0 aliphatic rings. The van der Waals surface area contributed by atoms with Crippen LogP contribution in [-0.4, -0.2) is 19.9 Å². The van der Waals surface area contributed by atoms with Gasteiger partial charge in [0, 0.05) is 47.8 Å². The van der Waals surface area contributed by atoms with Gasteiger partial charge in [-0.25, -0.2) is 19.9 Å². The van der Waals surface area contributed by atoms with E-state index in [0.717, 1.165) is 50.0 Å². The highest BCUT2D eigenvalue weighted by Gasteiger charge is 2.21. The molecule has 0 N–H and O–H groups in total. The molecule has 5 heteroatoms. The van der Waals surface area contributed by atoms with Gasteiger partial charge in [-0.2, -0.15) is 0 Å². The molecule has 0 bridgehead atoms. The van der Waals surface area contributed by atoms with Gasteiger partial charge < -0.3 is 0 Å². The van der Waals surface area contributed by atoms with Gasteiger partial charge in [0.05, 0.1) is 11.2 Å². The third kappa shape index (κ3) is 5.28. The Morgan fingerprint density at radius 2 is 0.909 bits per heavy atom. The standard InChI is InChI=1S/C50H30N4S/c1-3-15-31(16-4-1)48-52-49(32-17-5-2-6-18-32)54-50(53-48)35-21-13-20-33(29-35)37-26-14-27-42-44(37)47-45(40-25-11-12-28-43(40)55-47)46(51-42)41-30-34-19-7-8-22-36(34)38-23-9-10-24-39(38)41/h1-30H. The number of benzene rings is 8. The Bertz CT molecular complexity index is 3210. The molecule has 0 amide bonds. The first-order chi connectivity index (χ1) is 27.3. The van der Waals surface area contributed by atoms with Gasteiger partial charge in [-0.15, -0.1) is 11.3 Å². The second kappa shape index (κ2) is 12.8. The quantitative estimate of drug-likeness (QED) is 0.166. The number of aromatic nitrogens is 4. The van der Waals surface area contributed by atoms with Gasteiger partial charge in [0.1, 0.15) is 0 Å². The van der Waals surface area contributed by atoms with Gasteiger partial charge in [0.15, 0.2) is 17.5 Å². The monoisotopic (exact) mass is 718 g/mol. The first-order valence-electron chi connectivity index (χ1n) is 18.4. The summed E-state index contributed by atoms with van der Waals surface area (Å²) in [4.78, 5) is 20.6. The Labute approximate surface area is 321 Å². The minimum absolute atomic E-state index is 0.630. The molecule has 0 fully saturated rings. The van der Waals surface area contributed by atoms with Crippen LogP contribution in [0.5, 0.6) is 0 Å². The van der Waals surface area contributed by atoms with E-state index in [4.69, 9.17) is 19.9 Å². The van der Waals surface area contributed by atoms with Gasteiger partial charge in [0.25, 0.3) is 0 Å². The summed E-state index contributed by atoms with van der Waals surface area (Å²) in [6.45, 7) is 0. The molecule has 8 aromatic carbocycles. The average Bonchev–Trinajstić information content (AvgIpc) is 3.66. The van der Waals surface area contributed by atoms with Crippen LogP contribution in [0.3, 0.4) is 0 Å². The van der Waals surface area contributed by atoms with Crippen molar-refractivity contribution in [3.63, 3.8) is 0 Å². The van der Waals surface area contributed by atoms with Crippen LogP contribution in [0.25, 0.3) is 109 Å². The van der Waals surface area contributed by atoms with Crippen molar-refractivity contribution in [1.82, 2.24) is 19.9 Å². The van der Waals surface area contributed by atoms with Gasteiger partial charge in [-0.3, -0.25) is 0 Å². The van der Waals surface area contributed by atoms with Crippen molar-refractivity contribution in [2.24, 2.45) is 0 Å². The third-order valence-electron chi connectivity index (χ3n) is 10.5. The molecule has 11 rings (SSSR count). The van der Waals surface area contributed by atoms with Crippen LogP contribution in [0.1, 0.15) is 0 Å². The smallest absolute Gasteiger partial charge is 0.164 e. The zero-order chi connectivity index (χ0) is 36.3. The lowest BCUT2D eigenvalue weighted by molar-refractivity contribution is 1.07. The fourth-order valence-electron chi connectivity index (χ4n) is 7.95. The Morgan fingerprint density at radius 1 is 0.345 bits per heavy atom. The van der Waals surface area contributed by atoms with E-state index in [0.29, 0.717) is 17.5 Å². The third-order valence-corrected chi connectivity index (χ3v) is 11.7. The molecule has 0 unspecified atom stereocenters. The van der Waals surface area contributed by atoms with E-state index >= 15 is 0 Å². The summed E-state index contributed by atoms with van der Waals surface area (Å²) in [5, 5.41) is 8.46. The van der Waals surface area contributed by atoms with Gasteiger partial charge in [-0.05, 0) is 56.9 Å². The second-order valence-corrected chi connectivity index (χ2v) is 14.8. The second-order valence-electron chi connectivity index (χ2n) is 13.8. The Kier molecular flexibility index (Phi) is 7.32. The number of hydrogen-bond donors (Lipinski definition) is 0. The lowest BCUT2D eigenvalue weighted by Crippen LogP contribution is -2.00. The molecule has 0 aliphatic heterocycles. The Balaban J connectivity index is 1.15. The lowest BCUT2D eigenvalue weighted by Gasteiger charge is -2.15. The zero-order valence-electron chi connectivity index (χ0n) is 29.5. The predicted molar refractivity (Wildman–Crippen MR) is 230 cm³/mol. The number of thiophene rings is 1. The maximum absolute atomic E-state index is 5.58. The topological polar surface area (TPSA) is 51.6 Å². The first-order valence-corrected chi connectivity index (χ1v) is 19.2. The van der Waals surface area contributed by atoms with E-state index in [-0.39, 0.29) is 0 Å². The fraction of sp³-hybridized carbons (Fsp3) is 0. The first kappa shape index (κ1) is 31.4. The molecule has 0 spiro atoms. The van der Waals surface area contributed by atoms with Crippen LogP contribution in [-0.2, 0) is 0 Å². The molecule has 0 atom stereocenters. The predicted octanol–water partition coefficient (Wildman–Crippen LogP) is 13.4. The molecule has 0 saturated heterocycles. The molecule has 0 aliphatic carbocycles. The highest BCUT2D eigenvalue weighted by Crippen LogP contribution is 2.47. The summed E-state index contributed by atoms with van der Waals surface area (Å²) in [6.07, 6.45) is 0. The SMILES string of the molecule is c1ccc(-c2nc(-c3ccccc3)nc(-c3cccc(-c4cccc5nc(-c6cc7ccccc7c7ccccc67)c6c7ccccc7sc6c45)c3)n2)cc1. The average molecular weight is 719 g/mol. The van der Waals surface area contributed by atoms with Crippen molar-refractivity contribution >= 4 is 64.0 Å². The molecular formula is C50H30N4S. The van der Waals surface area contributed by atoms with E-state index in [1.165, 1.54) is 41.7 Å². The normalized spacial score (nSPS) is 11.6. The lowest BCUT2D eigenvalue weighted by atomic mass is 9.92. The maximum Gasteiger partial charge on any atom is 0.164 e. The van der Waals surface area contributed by atoms with Gasteiger partial charge >= 0.3 is 0 Å². The molecule has 3 aromatic heterocycles. The summed E-state index contributed by atoms with van der Waals surface area (Å²) < 4.78 is 2.48. The van der Waals surface area contributed by atoms with E-state index in [9.17, 15) is 0 Å². The van der Waals surface area contributed by atoms with Crippen molar-refractivity contribution in [1.29, 1.82) is 0 Å². The fourth-order valence-corrected chi connectivity index (χ4v) is 9.23. The molecule has 0 saturated carbocycles. The van der Waals surface area contributed by atoms with E-state index in [2.05, 4.69) is 121 Å². The number of hydrogen-bond acceptors (Lipinski definition) is 5. The maximum atomic E-state index is 5.58. The number of nitrogens with zero attached hydrogens (tertiary/aromatic N) is 4. The summed E-state index contributed by atoms with van der Waals surface area (Å²) in [5.74, 6) is 1.92. The highest BCUT2D eigenvalue weighted by molar-refractivity contribution is 7.26. The molecule has 256 valence electrons. The zero-order valence-corrected chi connectivity index (χ0v) is 30.3. The summed E-state index contributed by atoms with van der Waals surface area (Å²) in [6, 6.07) is 63.8. The minimum atomic E-state index is 0.630. The Hall–Kier alpha value is -7.08. The molecular weight excluding hydrogens is 689 g/mol. The molecule has 55 heavy (non-hydrogen) atoms. The molecule has 11 aromatic rings. The van der Waals surface area contributed by atoms with E-state index < -0.39 is 0 Å². The van der Waals surface area contributed by atoms with Crippen molar-refractivity contribution in [3.05, 3.63) is 182 Å². The van der Waals surface area contributed by atoms with Crippen LogP contribution in [0.15, 0.2) is 182 Å². The Morgan fingerprint density at radius 3 is 1.65 bits per heavy atom. The van der Waals surface area contributed by atoms with Gasteiger partial charge in [0.2, 0.25) is 0 Å². The van der Waals surface area contributed by atoms with Gasteiger partial charge in [-0.1, -0.05) is 158 Å². The van der Waals surface area contributed by atoms with Crippen LogP contribution in [0.4, 0.5) is 0 Å². The summed E-state index contributed by atoms with van der Waals surface area (Å²) >= 11 is 1.84. The number of pyridine rings is 1. The van der Waals surface area contributed by atoms with Crippen molar-refractivity contribution in [2.45, 2.75) is 0 Å². The van der Waals surface area contributed by atoms with Crippen molar-refractivity contribution in [2.75, 3.05) is 0 Å². The van der Waals surface area contributed by atoms with Crippen LogP contribution in [0.2, 0.25) is 0 Å². The largest absolute Gasteiger partial charge is 0.247 e. The van der Waals surface area contributed by atoms with E-state index in [1.807, 2.05) is 72.0 Å². The molecule has 4 nitrogen and oxygen atoms in total. The van der Waals surface area contributed by atoms with Crippen LogP contribution in [0, 0.1) is 0 Å². The molecule has 3 heterocycles. The summed E-state index contributed by atoms with van der Waals surface area (Å²) in [5.41, 5.74) is 8.14. The highest BCUT2D eigenvalue weighted by atomic mass is 32.1.